The van der Waals surface area contributed by atoms with Crippen LogP contribution < -0.4 is 20.3 Å². The summed E-state index contributed by atoms with van der Waals surface area (Å²) in [5.41, 5.74) is 6.42. The highest BCUT2D eigenvalue weighted by Gasteiger charge is 2.12. The first-order valence-electron chi connectivity index (χ1n) is 24.1. The quantitative estimate of drug-likeness (QED) is 0.0445. The number of rotatable bonds is 29. The molecule has 0 atom stereocenters. The van der Waals surface area contributed by atoms with Gasteiger partial charge in [0.2, 0.25) is 0 Å². The fourth-order valence-electron chi connectivity index (χ4n) is 7.75. The van der Waals surface area contributed by atoms with Crippen LogP contribution in [0.5, 0.6) is 11.5 Å². The molecule has 18 heteroatoms. The minimum atomic E-state index is -0.0650. The van der Waals surface area contributed by atoms with E-state index in [1.165, 1.54) is 12.1 Å². The standard InChI is InChI=1S/C54H62N8O10/c1-39-5-15-51-47(31-39)49(63)33-53(71-51)41-7-11-45(12-8-41)69-29-27-67-25-23-65-21-19-61-37-43(55-57-61)35-59(3)17-18-60(4)36-44-38-62(58-56-44)20-22-66-24-26-68-28-30-70-46-13-9-42(10-14-46)54-34-50(64)48-32-40(2)6-16-52(48)72-54/h5-16,31-34,37-38H,17-30,35-36H2,1-4H3. The van der Waals surface area contributed by atoms with E-state index in [0.29, 0.717) is 137 Å². The smallest absolute Gasteiger partial charge is 0.193 e. The van der Waals surface area contributed by atoms with Crippen molar-refractivity contribution in [2.75, 3.05) is 93.3 Å². The molecule has 0 bridgehead atoms. The molecule has 4 aromatic heterocycles. The molecule has 0 unspecified atom stereocenters. The van der Waals surface area contributed by atoms with Crippen molar-refractivity contribution in [1.82, 2.24) is 39.8 Å². The summed E-state index contributed by atoms with van der Waals surface area (Å²) in [6.45, 7) is 12.6. The van der Waals surface area contributed by atoms with Crippen LogP contribution in [0.4, 0.5) is 0 Å². The first-order valence-corrected chi connectivity index (χ1v) is 24.1. The number of aryl methyl sites for hydroxylation is 2. The second-order valence-corrected chi connectivity index (χ2v) is 17.6. The molecule has 0 N–H and O–H groups in total. The maximum absolute atomic E-state index is 12.6. The molecule has 0 amide bonds. The van der Waals surface area contributed by atoms with E-state index in [1.54, 1.807) is 9.36 Å². The van der Waals surface area contributed by atoms with Gasteiger partial charge in [0.1, 0.15) is 47.4 Å². The number of fused-ring (bicyclic) bond motifs is 2. The Labute approximate surface area is 417 Å². The second kappa shape index (κ2) is 25.9. The minimum absolute atomic E-state index is 0.0650. The molecule has 72 heavy (non-hydrogen) atoms. The largest absolute Gasteiger partial charge is 0.491 e. The third-order valence-corrected chi connectivity index (χ3v) is 11.6. The number of hydrogen-bond acceptors (Lipinski definition) is 16. The van der Waals surface area contributed by atoms with Crippen molar-refractivity contribution in [3.8, 4) is 34.1 Å². The summed E-state index contributed by atoms with van der Waals surface area (Å²) in [6, 6.07) is 29.1. The van der Waals surface area contributed by atoms with E-state index < -0.39 is 0 Å². The Morgan fingerprint density at radius 1 is 0.486 bits per heavy atom. The van der Waals surface area contributed by atoms with Crippen LogP contribution in [0.25, 0.3) is 44.6 Å². The molecule has 0 saturated heterocycles. The summed E-state index contributed by atoms with van der Waals surface area (Å²) in [6.07, 6.45) is 3.90. The van der Waals surface area contributed by atoms with Crippen LogP contribution in [0.15, 0.2) is 128 Å². The lowest BCUT2D eigenvalue weighted by Crippen LogP contribution is -2.30. The van der Waals surface area contributed by atoms with Crippen LogP contribution in [-0.2, 0) is 45.1 Å². The summed E-state index contributed by atoms with van der Waals surface area (Å²) in [5.74, 6) is 2.44. The number of aromatic nitrogens is 6. The van der Waals surface area contributed by atoms with Crippen molar-refractivity contribution < 1.29 is 37.3 Å². The lowest BCUT2D eigenvalue weighted by Gasteiger charge is -2.20. The number of ether oxygens (including phenoxy) is 6. The van der Waals surface area contributed by atoms with Gasteiger partial charge in [-0.05, 0) is 101 Å². The monoisotopic (exact) mass is 982 g/mol. The Morgan fingerprint density at radius 2 is 0.875 bits per heavy atom. The van der Waals surface area contributed by atoms with Crippen molar-refractivity contribution in [3.05, 3.63) is 152 Å². The first-order chi connectivity index (χ1) is 35.1. The minimum Gasteiger partial charge on any atom is -0.491 e. The third-order valence-electron chi connectivity index (χ3n) is 11.6. The van der Waals surface area contributed by atoms with E-state index in [0.717, 1.165) is 46.7 Å². The number of likely N-dealkylation sites (N-methyl/N-ethyl adjacent to an activating group) is 2. The lowest BCUT2D eigenvalue weighted by atomic mass is 10.1. The zero-order valence-electron chi connectivity index (χ0n) is 41.4. The van der Waals surface area contributed by atoms with Crippen molar-refractivity contribution >= 4 is 21.9 Å². The maximum Gasteiger partial charge on any atom is 0.193 e. The van der Waals surface area contributed by atoms with Gasteiger partial charge in [0, 0.05) is 61.8 Å². The molecule has 8 aromatic rings. The molecule has 0 aliphatic heterocycles. The van der Waals surface area contributed by atoms with Gasteiger partial charge >= 0.3 is 0 Å². The summed E-state index contributed by atoms with van der Waals surface area (Å²) < 4.78 is 50.0. The SMILES string of the molecule is Cc1ccc2oc(-c3ccc(OCCOCCOCCn4cc(CN(C)CCN(C)Cc5cn(CCOCCOCCOc6ccc(-c7cc(=O)c8cc(C)ccc8o7)cc6)nn5)nn4)cc3)cc(=O)c2c1. The molecule has 378 valence electrons. The normalized spacial score (nSPS) is 11.7. The van der Waals surface area contributed by atoms with Crippen LogP contribution >= 0.6 is 0 Å². The van der Waals surface area contributed by atoms with Crippen LogP contribution in [-0.4, -0.2) is 133 Å². The van der Waals surface area contributed by atoms with E-state index in [2.05, 4.69) is 44.5 Å². The van der Waals surface area contributed by atoms with Gasteiger partial charge in [-0.25, -0.2) is 9.36 Å². The van der Waals surface area contributed by atoms with Gasteiger partial charge in [-0.1, -0.05) is 33.7 Å². The second-order valence-electron chi connectivity index (χ2n) is 17.6. The average Bonchev–Trinajstić information content (AvgIpc) is 4.04. The molecule has 0 fully saturated rings. The topological polar surface area (TPSA) is 184 Å². The Kier molecular flexibility index (Phi) is 18.4. The molecule has 18 nitrogen and oxygen atoms in total. The third kappa shape index (κ3) is 15.2. The van der Waals surface area contributed by atoms with Crippen molar-refractivity contribution in [2.24, 2.45) is 0 Å². The van der Waals surface area contributed by atoms with Crippen molar-refractivity contribution in [3.63, 3.8) is 0 Å². The zero-order valence-corrected chi connectivity index (χ0v) is 41.4. The summed E-state index contributed by atoms with van der Waals surface area (Å²) in [5, 5.41) is 18.4. The van der Waals surface area contributed by atoms with Crippen LogP contribution in [0, 0.1) is 13.8 Å². The van der Waals surface area contributed by atoms with Crippen LogP contribution in [0.1, 0.15) is 22.5 Å². The van der Waals surface area contributed by atoms with Crippen LogP contribution in [0.3, 0.4) is 0 Å². The van der Waals surface area contributed by atoms with E-state index in [9.17, 15) is 9.59 Å². The molecule has 0 radical (unpaired) electrons. The fourth-order valence-corrected chi connectivity index (χ4v) is 7.75. The molecule has 4 aromatic carbocycles. The van der Waals surface area contributed by atoms with Gasteiger partial charge in [0.15, 0.2) is 10.9 Å². The van der Waals surface area contributed by atoms with Crippen molar-refractivity contribution in [2.45, 2.75) is 40.0 Å². The molecule has 0 aliphatic rings. The molecule has 4 heterocycles. The van der Waals surface area contributed by atoms with E-state index in [-0.39, 0.29) is 10.9 Å². The average molecular weight is 983 g/mol. The lowest BCUT2D eigenvalue weighted by molar-refractivity contribution is 0.0332. The van der Waals surface area contributed by atoms with Gasteiger partial charge < -0.3 is 37.3 Å². The van der Waals surface area contributed by atoms with Gasteiger partial charge in [-0.15, -0.1) is 10.2 Å². The predicted molar refractivity (Wildman–Crippen MR) is 272 cm³/mol. The molecule has 0 saturated carbocycles. The molecular formula is C54H62N8O10. The number of hydrogen-bond donors (Lipinski definition) is 0. The maximum atomic E-state index is 12.6. The highest BCUT2D eigenvalue weighted by Crippen LogP contribution is 2.26. The zero-order chi connectivity index (χ0) is 50.1. The first kappa shape index (κ1) is 51.3. The summed E-state index contributed by atoms with van der Waals surface area (Å²) in [4.78, 5) is 29.6. The van der Waals surface area contributed by atoms with Gasteiger partial charge in [-0.2, -0.15) is 0 Å². The molecule has 0 aliphatic carbocycles. The number of nitrogens with zero attached hydrogens (tertiary/aromatic N) is 8. The van der Waals surface area contributed by atoms with Crippen molar-refractivity contribution in [1.29, 1.82) is 0 Å². The molecule has 0 spiro atoms. The predicted octanol–water partition coefficient (Wildman–Crippen LogP) is 6.82. The fraction of sp³-hybridized carbons (Fsp3) is 0.370. The Hall–Kier alpha value is -7.06. The Balaban J connectivity index is 0.606. The van der Waals surface area contributed by atoms with E-state index in [1.807, 2.05) is 111 Å². The number of benzene rings is 4. The highest BCUT2D eigenvalue weighted by molar-refractivity contribution is 5.80. The molecular weight excluding hydrogens is 921 g/mol. The Morgan fingerprint density at radius 3 is 1.29 bits per heavy atom. The summed E-state index contributed by atoms with van der Waals surface area (Å²) >= 11 is 0. The Bertz CT molecular complexity index is 2870. The van der Waals surface area contributed by atoms with Gasteiger partial charge in [0.05, 0.1) is 88.1 Å². The van der Waals surface area contributed by atoms with Gasteiger partial charge in [0.25, 0.3) is 0 Å². The van der Waals surface area contributed by atoms with E-state index in [4.69, 9.17) is 37.3 Å². The van der Waals surface area contributed by atoms with E-state index >= 15 is 0 Å². The summed E-state index contributed by atoms with van der Waals surface area (Å²) in [7, 11) is 4.14. The van der Waals surface area contributed by atoms with Crippen LogP contribution in [0.2, 0.25) is 0 Å². The van der Waals surface area contributed by atoms with Gasteiger partial charge in [-0.3, -0.25) is 19.4 Å². The highest BCUT2D eigenvalue weighted by atomic mass is 16.5. The molecule has 8 rings (SSSR count).